The molecule has 86 valence electrons. The first-order valence-electron chi connectivity index (χ1n) is 6.27. The van der Waals surface area contributed by atoms with Gasteiger partial charge in [0.25, 0.3) is 0 Å². The van der Waals surface area contributed by atoms with E-state index in [0.717, 1.165) is 19.1 Å². The molecule has 0 bridgehead atoms. The number of carbonyl (C=O) groups is 1. The van der Waals surface area contributed by atoms with Crippen LogP contribution in [0.2, 0.25) is 0 Å². The van der Waals surface area contributed by atoms with Gasteiger partial charge < -0.3 is 9.80 Å². The van der Waals surface area contributed by atoms with Crippen LogP contribution >= 0.6 is 0 Å². The zero-order valence-corrected chi connectivity index (χ0v) is 9.74. The standard InChI is InChI=1S/C12H22N2O/c1-11(15)13-9-5-12(6-10-13)14-7-3-2-4-8-14/h12H,2-10H2,1H3. The lowest BCUT2D eigenvalue weighted by molar-refractivity contribution is -0.130. The molecule has 0 N–H and O–H groups in total. The van der Waals surface area contributed by atoms with E-state index in [2.05, 4.69) is 4.90 Å². The van der Waals surface area contributed by atoms with Crippen molar-refractivity contribution in [2.24, 2.45) is 0 Å². The lowest BCUT2D eigenvalue weighted by Crippen LogP contribution is -2.47. The van der Waals surface area contributed by atoms with Gasteiger partial charge in [0.15, 0.2) is 0 Å². The normalized spacial score (nSPS) is 25.5. The lowest BCUT2D eigenvalue weighted by atomic mass is 10.00. The maximum absolute atomic E-state index is 11.2. The number of nitrogens with zero attached hydrogens (tertiary/aromatic N) is 2. The number of rotatable bonds is 1. The largest absolute Gasteiger partial charge is 0.343 e. The van der Waals surface area contributed by atoms with E-state index in [0.29, 0.717) is 0 Å². The molecule has 0 aliphatic carbocycles. The summed E-state index contributed by atoms with van der Waals surface area (Å²) >= 11 is 0. The Labute approximate surface area is 92.4 Å². The third-order valence-electron chi connectivity index (χ3n) is 3.82. The second-order valence-electron chi connectivity index (χ2n) is 4.83. The molecule has 0 aromatic heterocycles. The van der Waals surface area contributed by atoms with Crippen molar-refractivity contribution in [2.45, 2.75) is 45.1 Å². The Morgan fingerprint density at radius 1 is 1.00 bits per heavy atom. The van der Waals surface area contributed by atoms with Crippen LogP contribution in [0.3, 0.4) is 0 Å². The molecule has 3 nitrogen and oxygen atoms in total. The van der Waals surface area contributed by atoms with E-state index >= 15 is 0 Å². The van der Waals surface area contributed by atoms with Crippen LogP contribution in [0.1, 0.15) is 39.0 Å². The maximum Gasteiger partial charge on any atom is 0.219 e. The van der Waals surface area contributed by atoms with Crippen molar-refractivity contribution in [1.29, 1.82) is 0 Å². The van der Waals surface area contributed by atoms with Crippen LogP contribution < -0.4 is 0 Å². The summed E-state index contributed by atoms with van der Waals surface area (Å²) < 4.78 is 0. The molecule has 0 radical (unpaired) electrons. The SMILES string of the molecule is CC(=O)N1CCC(N2CCCCC2)CC1. The minimum atomic E-state index is 0.243. The smallest absolute Gasteiger partial charge is 0.219 e. The molecule has 2 saturated heterocycles. The van der Waals surface area contributed by atoms with E-state index < -0.39 is 0 Å². The molecule has 0 atom stereocenters. The Kier molecular flexibility index (Phi) is 3.62. The minimum Gasteiger partial charge on any atom is -0.343 e. The first kappa shape index (κ1) is 10.9. The second-order valence-corrected chi connectivity index (χ2v) is 4.83. The van der Waals surface area contributed by atoms with Crippen molar-refractivity contribution in [1.82, 2.24) is 9.80 Å². The van der Waals surface area contributed by atoms with Gasteiger partial charge in [-0.1, -0.05) is 6.42 Å². The summed E-state index contributed by atoms with van der Waals surface area (Å²) in [5.74, 6) is 0.243. The third-order valence-corrected chi connectivity index (χ3v) is 3.82. The van der Waals surface area contributed by atoms with Gasteiger partial charge in [-0.05, 0) is 38.8 Å². The number of amides is 1. The van der Waals surface area contributed by atoms with Crippen LogP contribution in [0.5, 0.6) is 0 Å². The predicted octanol–water partition coefficient (Wildman–Crippen LogP) is 1.48. The maximum atomic E-state index is 11.2. The molecule has 0 aromatic rings. The molecule has 2 fully saturated rings. The van der Waals surface area contributed by atoms with Crippen LogP contribution in [0.25, 0.3) is 0 Å². The van der Waals surface area contributed by atoms with E-state index in [1.54, 1.807) is 6.92 Å². The summed E-state index contributed by atoms with van der Waals surface area (Å²) in [5, 5.41) is 0. The molecule has 0 spiro atoms. The predicted molar refractivity (Wildman–Crippen MR) is 60.7 cm³/mol. The highest BCUT2D eigenvalue weighted by atomic mass is 16.2. The number of carbonyl (C=O) groups excluding carboxylic acids is 1. The Morgan fingerprint density at radius 3 is 2.13 bits per heavy atom. The molecule has 2 aliphatic heterocycles. The van der Waals surface area contributed by atoms with Crippen LogP contribution in [0.4, 0.5) is 0 Å². The summed E-state index contributed by atoms with van der Waals surface area (Å²) in [5.41, 5.74) is 0. The molecule has 0 aromatic carbocycles. The zero-order chi connectivity index (χ0) is 10.7. The van der Waals surface area contributed by atoms with Gasteiger partial charge in [0, 0.05) is 26.1 Å². The van der Waals surface area contributed by atoms with Crippen LogP contribution in [-0.2, 0) is 4.79 Å². The Bertz CT molecular complexity index is 216. The summed E-state index contributed by atoms with van der Waals surface area (Å²) in [7, 11) is 0. The molecular formula is C12H22N2O. The Hall–Kier alpha value is -0.570. The van der Waals surface area contributed by atoms with E-state index in [1.165, 1.54) is 45.2 Å². The molecule has 3 heteroatoms. The molecular weight excluding hydrogens is 188 g/mol. The van der Waals surface area contributed by atoms with Crippen LogP contribution in [-0.4, -0.2) is 47.9 Å². The van der Waals surface area contributed by atoms with Gasteiger partial charge in [-0.15, -0.1) is 0 Å². The Balaban J connectivity index is 1.79. The lowest BCUT2D eigenvalue weighted by Gasteiger charge is -2.40. The first-order chi connectivity index (χ1) is 7.27. The quantitative estimate of drug-likeness (QED) is 0.654. The molecule has 2 heterocycles. The fourth-order valence-electron chi connectivity index (χ4n) is 2.83. The zero-order valence-electron chi connectivity index (χ0n) is 9.74. The summed E-state index contributed by atoms with van der Waals surface area (Å²) in [6.07, 6.45) is 6.50. The van der Waals surface area contributed by atoms with Gasteiger partial charge in [0.05, 0.1) is 0 Å². The van der Waals surface area contributed by atoms with Crippen LogP contribution in [0, 0.1) is 0 Å². The molecule has 2 rings (SSSR count). The third kappa shape index (κ3) is 2.71. The summed E-state index contributed by atoms with van der Waals surface area (Å²) in [6, 6.07) is 0.751. The number of piperidine rings is 2. The van der Waals surface area contributed by atoms with E-state index in [4.69, 9.17) is 0 Å². The van der Waals surface area contributed by atoms with Crippen molar-refractivity contribution in [2.75, 3.05) is 26.2 Å². The van der Waals surface area contributed by atoms with Gasteiger partial charge in [-0.3, -0.25) is 4.79 Å². The van der Waals surface area contributed by atoms with Crippen molar-refractivity contribution in [3.05, 3.63) is 0 Å². The fraction of sp³-hybridized carbons (Fsp3) is 0.917. The second kappa shape index (κ2) is 4.97. The van der Waals surface area contributed by atoms with Gasteiger partial charge in [0.2, 0.25) is 5.91 Å². The molecule has 0 unspecified atom stereocenters. The van der Waals surface area contributed by atoms with Crippen molar-refractivity contribution < 1.29 is 4.79 Å². The van der Waals surface area contributed by atoms with Gasteiger partial charge in [-0.25, -0.2) is 0 Å². The van der Waals surface area contributed by atoms with Crippen LogP contribution in [0.15, 0.2) is 0 Å². The first-order valence-corrected chi connectivity index (χ1v) is 6.27. The molecule has 2 aliphatic rings. The Morgan fingerprint density at radius 2 is 1.60 bits per heavy atom. The van der Waals surface area contributed by atoms with Crippen molar-refractivity contribution >= 4 is 5.91 Å². The van der Waals surface area contributed by atoms with Gasteiger partial charge in [-0.2, -0.15) is 0 Å². The highest BCUT2D eigenvalue weighted by Gasteiger charge is 2.26. The van der Waals surface area contributed by atoms with E-state index in [1.807, 2.05) is 4.90 Å². The minimum absolute atomic E-state index is 0.243. The van der Waals surface area contributed by atoms with Crippen molar-refractivity contribution in [3.8, 4) is 0 Å². The average Bonchev–Trinajstić information content (AvgIpc) is 2.30. The van der Waals surface area contributed by atoms with E-state index in [9.17, 15) is 4.79 Å². The number of hydrogen-bond donors (Lipinski definition) is 0. The highest BCUT2D eigenvalue weighted by Crippen LogP contribution is 2.20. The van der Waals surface area contributed by atoms with Gasteiger partial charge >= 0.3 is 0 Å². The number of hydrogen-bond acceptors (Lipinski definition) is 2. The topological polar surface area (TPSA) is 23.6 Å². The monoisotopic (exact) mass is 210 g/mol. The van der Waals surface area contributed by atoms with E-state index in [-0.39, 0.29) is 5.91 Å². The average molecular weight is 210 g/mol. The summed E-state index contributed by atoms with van der Waals surface area (Å²) in [4.78, 5) is 15.8. The number of likely N-dealkylation sites (tertiary alicyclic amines) is 2. The highest BCUT2D eigenvalue weighted by molar-refractivity contribution is 5.73. The van der Waals surface area contributed by atoms with Crippen molar-refractivity contribution in [3.63, 3.8) is 0 Å². The fourth-order valence-corrected chi connectivity index (χ4v) is 2.83. The summed E-state index contributed by atoms with van der Waals surface area (Å²) in [6.45, 7) is 6.18. The molecule has 1 amide bonds. The van der Waals surface area contributed by atoms with Gasteiger partial charge in [0.1, 0.15) is 0 Å². The molecule has 15 heavy (non-hydrogen) atoms. The molecule has 0 saturated carbocycles.